The summed E-state index contributed by atoms with van der Waals surface area (Å²) in [6.07, 6.45) is -0.743. The number of anilines is 1. The lowest BCUT2D eigenvalue weighted by Crippen LogP contribution is -2.42. The summed E-state index contributed by atoms with van der Waals surface area (Å²) in [6, 6.07) is 2.67. The van der Waals surface area contributed by atoms with Crippen molar-refractivity contribution in [1.29, 1.82) is 0 Å². The van der Waals surface area contributed by atoms with Gasteiger partial charge in [0.1, 0.15) is 0 Å². The minimum absolute atomic E-state index is 0.0778. The van der Waals surface area contributed by atoms with Crippen molar-refractivity contribution < 1.29 is 14.5 Å². The number of rotatable bonds is 1. The third-order valence-electron chi connectivity index (χ3n) is 2.55. The number of hydrogen-bond donors (Lipinski definition) is 0. The lowest BCUT2D eigenvalue weighted by Gasteiger charge is -2.29. The van der Waals surface area contributed by atoms with Crippen LogP contribution in [0.15, 0.2) is 12.1 Å². The molecule has 1 heterocycles. The maximum absolute atomic E-state index is 11.7. The zero-order valence-corrected chi connectivity index (χ0v) is 9.89. The Morgan fingerprint density at radius 2 is 2.18 bits per heavy atom. The van der Waals surface area contributed by atoms with Crippen LogP contribution in [-0.4, -0.2) is 24.0 Å². The van der Waals surface area contributed by atoms with Gasteiger partial charge in [-0.15, -0.1) is 0 Å². The van der Waals surface area contributed by atoms with Crippen LogP contribution >= 0.6 is 11.6 Å². The number of carbonyl (C=O) groups is 1. The van der Waals surface area contributed by atoms with Crippen molar-refractivity contribution >= 4 is 28.9 Å². The summed E-state index contributed by atoms with van der Waals surface area (Å²) < 4.78 is 5.27. The highest BCUT2D eigenvalue weighted by molar-refractivity contribution is 6.31. The van der Waals surface area contributed by atoms with E-state index in [2.05, 4.69) is 0 Å². The molecule has 0 fully saturated rings. The van der Waals surface area contributed by atoms with E-state index in [9.17, 15) is 14.9 Å². The quantitative estimate of drug-likeness (QED) is 0.569. The largest absolute Gasteiger partial charge is 0.472 e. The van der Waals surface area contributed by atoms with E-state index in [0.29, 0.717) is 5.69 Å². The first kappa shape index (κ1) is 11.7. The zero-order valence-electron chi connectivity index (χ0n) is 9.14. The third-order valence-corrected chi connectivity index (χ3v) is 2.76. The van der Waals surface area contributed by atoms with Gasteiger partial charge in [-0.05, 0) is 13.0 Å². The van der Waals surface area contributed by atoms with E-state index in [1.54, 1.807) is 6.92 Å². The summed E-state index contributed by atoms with van der Waals surface area (Å²) in [5.74, 6) is -0.192. The van der Waals surface area contributed by atoms with Crippen LogP contribution < -0.4 is 9.64 Å². The van der Waals surface area contributed by atoms with Crippen LogP contribution in [0.5, 0.6) is 5.75 Å². The molecule has 2 rings (SSSR count). The molecule has 0 aliphatic carbocycles. The van der Waals surface area contributed by atoms with Gasteiger partial charge in [-0.2, -0.15) is 0 Å². The van der Waals surface area contributed by atoms with Gasteiger partial charge in [0.15, 0.2) is 6.10 Å². The molecule has 1 aromatic carbocycles. The number of fused-ring (bicyclic) bond motifs is 1. The smallest absolute Gasteiger partial charge is 0.314 e. The van der Waals surface area contributed by atoms with E-state index in [1.807, 2.05) is 0 Å². The number of likely N-dealkylation sites (N-methyl/N-ethyl adjacent to an activating group) is 1. The van der Waals surface area contributed by atoms with Crippen LogP contribution in [0.1, 0.15) is 6.92 Å². The Morgan fingerprint density at radius 3 is 2.76 bits per heavy atom. The number of nitrogens with zero attached hydrogens (tertiary/aromatic N) is 2. The maximum Gasteiger partial charge on any atom is 0.314 e. The highest BCUT2D eigenvalue weighted by atomic mass is 35.5. The molecule has 0 saturated heterocycles. The molecule has 1 aromatic rings. The average Bonchev–Trinajstić information content (AvgIpc) is 2.26. The number of nitro groups is 1. The van der Waals surface area contributed by atoms with Crippen LogP contribution in [0, 0.1) is 10.1 Å². The molecule has 0 saturated carbocycles. The van der Waals surface area contributed by atoms with Gasteiger partial charge in [0.2, 0.25) is 5.75 Å². The maximum atomic E-state index is 11.7. The lowest BCUT2D eigenvalue weighted by atomic mass is 10.2. The van der Waals surface area contributed by atoms with Gasteiger partial charge in [-0.25, -0.2) is 0 Å². The second-order valence-electron chi connectivity index (χ2n) is 3.69. The van der Waals surface area contributed by atoms with Crippen molar-refractivity contribution in [3.05, 3.63) is 27.3 Å². The molecule has 0 spiro atoms. The number of amides is 1. The van der Waals surface area contributed by atoms with Crippen LogP contribution in [-0.2, 0) is 4.79 Å². The monoisotopic (exact) mass is 256 g/mol. The van der Waals surface area contributed by atoms with Gasteiger partial charge in [0.05, 0.1) is 10.6 Å². The summed E-state index contributed by atoms with van der Waals surface area (Å²) in [4.78, 5) is 23.3. The van der Waals surface area contributed by atoms with Crippen LogP contribution in [0.2, 0.25) is 5.02 Å². The molecule has 17 heavy (non-hydrogen) atoms. The topological polar surface area (TPSA) is 72.7 Å². The van der Waals surface area contributed by atoms with Gasteiger partial charge >= 0.3 is 5.69 Å². The SMILES string of the molecule is CC1Oc2c(cc(Cl)cc2[N+](=O)[O-])N(C)C1=O. The Kier molecular flexibility index (Phi) is 2.66. The van der Waals surface area contributed by atoms with Gasteiger partial charge in [0.25, 0.3) is 5.91 Å². The van der Waals surface area contributed by atoms with Crippen molar-refractivity contribution in [1.82, 2.24) is 0 Å². The number of nitro benzene ring substituents is 1. The van der Waals surface area contributed by atoms with Crippen molar-refractivity contribution in [2.75, 3.05) is 11.9 Å². The lowest BCUT2D eigenvalue weighted by molar-refractivity contribution is -0.385. The van der Waals surface area contributed by atoms with Gasteiger partial charge in [0, 0.05) is 18.1 Å². The molecule has 0 N–H and O–H groups in total. The first-order valence-electron chi connectivity index (χ1n) is 4.84. The summed E-state index contributed by atoms with van der Waals surface area (Å²) in [5, 5.41) is 11.1. The standard InChI is InChI=1S/C10H9ClN2O4/c1-5-10(14)12(2)7-3-6(11)4-8(13(15)16)9(7)17-5/h3-5H,1-2H3. The van der Waals surface area contributed by atoms with E-state index < -0.39 is 11.0 Å². The first-order valence-corrected chi connectivity index (χ1v) is 5.21. The van der Waals surface area contributed by atoms with E-state index in [1.165, 1.54) is 24.1 Å². The summed E-state index contributed by atoms with van der Waals surface area (Å²) in [6.45, 7) is 1.54. The predicted octanol–water partition coefficient (Wildman–Crippen LogP) is 1.99. The van der Waals surface area contributed by atoms with E-state index in [4.69, 9.17) is 16.3 Å². The van der Waals surface area contributed by atoms with Gasteiger partial charge < -0.3 is 9.64 Å². The minimum Gasteiger partial charge on any atom is -0.472 e. The first-order chi connectivity index (χ1) is 7.91. The number of carbonyl (C=O) groups excluding carboxylic acids is 1. The molecule has 90 valence electrons. The molecule has 1 amide bonds. The Bertz CT molecular complexity index is 517. The molecule has 7 heteroatoms. The second kappa shape index (κ2) is 3.89. The molecule has 1 aliphatic heterocycles. The molecule has 1 aliphatic rings. The van der Waals surface area contributed by atoms with Crippen LogP contribution in [0.25, 0.3) is 0 Å². The predicted molar refractivity (Wildman–Crippen MR) is 61.6 cm³/mol. The van der Waals surface area contributed by atoms with Crippen LogP contribution in [0.3, 0.4) is 0 Å². The fraction of sp³-hybridized carbons (Fsp3) is 0.300. The third kappa shape index (κ3) is 1.80. The second-order valence-corrected chi connectivity index (χ2v) is 4.12. The van der Waals surface area contributed by atoms with E-state index in [0.717, 1.165) is 0 Å². The molecule has 1 atom stereocenters. The summed E-state index contributed by atoms with van der Waals surface area (Å²) >= 11 is 5.78. The highest BCUT2D eigenvalue weighted by Gasteiger charge is 2.34. The molecule has 0 radical (unpaired) electrons. The van der Waals surface area contributed by atoms with Crippen molar-refractivity contribution in [2.45, 2.75) is 13.0 Å². The molecule has 0 bridgehead atoms. The van der Waals surface area contributed by atoms with Crippen molar-refractivity contribution in [3.63, 3.8) is 0 Å². The normalized spacial score (nSPS) is 18.6. The number of hydrogen-bond acceptors (Lipinski definition) is 4. The molecule has 0 aromatic heterocycles. The van der Waals surface area contributed by atoms with Crippen molar-refractivity contribution in [2.24, 2.45) is 0 Å². The summed E-state index contributed by atoms with van der Waals surface area (Å²) in [5.41, 5.74) is 0.0750. The van der Waals surface area contributed by atoms with Crippen LogP contribution in [0.4, 0.5) is 11.4 Å². The Balaban J connectivity index is 2.66. The molecule has 1 unspecified atom stereocenters. The van der Waals surface area contributed by atoms with Gasteiger partial charge in [-0.1, -0.05) is 11.6 Å². The zero-order chi connectivity index (χ0) is 12.7. The number of halogens is 1. The summed E-state index contributed by atoms with van der Waals surface area (Å²) in [7, 11) is 1.53. The Hall–Kier alpha value is -1.82. The highest BCUT2D eigenvalue weighted by Crippen LogP contribution is 2.42. The Labute approximate surface area is 102 Å². The van der Waals surface area contributed by atoms with E-state index >= 15 is 0 Å². The van der Waals surface area contributed by atoms with Crippen molar-refractivity contribution in [3.8, 4) is 5.75 Å². The fourth-order valence-corrected chi connectivity index (χ4v) is 1.90. The number of ether oxygens (including phenoxy) is 1. The van der Waals surface area contributed by atoms with E-state index in [-0.39, 0.29) is 22.4 Å². The Morgan fingerprint density at radius 1 is 1.53 bits per heavy atom. The molecular formula is C10H9ClN2O4. The average molecular weight is 257 g/mol. The number of benzene rings is 1. The van der Waals surface area contributed by atoms with Gasteiger partial charge in [-0.3, -0.25) is 14.9 Å². The molecule has 6 nitrogen and oxygen atoms in total. The minimum atomic E-state index is -0.743. The fourth-order valence-electron chi connectivity index (χ4n) is 1.69. The molecular weight excluding hydrogens is 248 g/mol.